The number of likely N-dealkylation sites (tertiary alicyclic amines) is 1. The number of hydrogen-bond acceptors (Lipinski definition) is 2. The van der Waals surface area contributed by atoms with E-state index in [2.05, 4.69) is 31.1 Å². The van der Waals surface area contributed by atoms with E-state index in [1.54, 1.807) is 0 Å². The molecule has 1 saturated carbocycles. The zero-order valence-corrected chi connectivity index (χ0v) is 12.0. The molecule has 0 aromatic heterocycles. The highest BCUT2D eigenvalue weighted by molar-refractivity contribution is 4.92. The Morgan fingerprint density at radius 1 is 1.24 bits per heavy atom. The molecule has 1 aliphatic carbocycles. The Hall–Kier alpha value is -0.0800. The average molecular weight is 238 g/mol. The van der Waals surface area contributed by atoms with Crippen LogP contribution in [0.3, 0.4) is 0 Å². The van der Waals surface area contributed by atoms with Crippen molar-refractivity contribution in [2.45, 2.75) is 58.4 Å². The number of nitrogens with zero attached hydrogens (tertiary/aromatic N) is 1. The molecule has 2 heteroatoms. The van der Waals surface area contributed by atoms with Gasteiger partial charge in [0.05, 0.1) is 0 Å². The minimum absolute atomic E-state index is 0.459. The summed E-state index contributed by atoms with van der Waals surface area (Å²) in [5.41, 5.74) is 0.459. The van der Waals surface area contributed by atoms with Gasteiger partial charge >= 0.3 is 0 Å². The van der Waals surface area contributed by atoms with Crippen LogP contribution < -0.4 is 5.32 Å². The highest BCUT2D eigenvalue weighted by Crippen LogP contribution is 2.38. The van der Waals surface area contributed by atoms with Crippen LogP contribution in [0.1, 0.15) is 52.4 Å². The normalized spacial score (nSPS) is 33.4. The molecule has 3 atom stereocenters. The van der Waals surface area contributed by atoms with E-state index >= 15 is 0 Å². The van der Waals surface area contributed by atoms with Crippen LogP contribution in [0.5, 0.6) is 0 Å². The summed E-state index contributed by atoms with van der Waals surface area (Å²) in [6.07, 6.45) is 8.65. The molecule has 1 heterocycles. The summed E-state index contributed by atoms with van der Waals surface area (Å²) in [5, 5.41) is 3.38. The molecule has 0 radical (unpaired) electrons. The van der Waals surface area contributed by atoms with Crippen LogP contribution in [0.25, 0.3) is 0 Å². The van der Waals surface area contributed by atoms with E-state index in [1.165, 1.54) is 51.6 Å². The molecule has 0 spiro atoms. The van der Waals surface area contributed by atoms with E-state index in [0.29, 0.717) is 5.41 Å². The van der Waals surface area contributed by atoms with Gasteiger partial charge in [-0.2, -0.15) is 0 Å². The molecule has 17 heavy (non-hydrogen) atoms. The number of rotatable bonds is 5. The minimum atomic E-state index is 0.459. The first-order valence-corrected chi connectivity index (χ1v) is 7.57. The van der Waals surface area contributed by atoms with Gasteiger partial charge in [0.15, 0.2) is 0 Å². The number of nitrogens with one attached hydrogen (secondary N) is 1. The predicted octanol–water partition coefficient (Wildman–Crippen LogP) is 2.89. The van der Waals surface area contributed by atoms with Crippen molar-refractivity contribution in [3.8, 4) is 0 Å². The Morgan fingerprint density at radius 3 is 2.71 bits per heavy atom. The molecule has 3 unspecified atom stereocenters. The van der Waals surface area contributed by atoms with E-state index in [4.69, 9.17) is 0 Å². The van der Waals surface area contributed by atoms with Gasteiger partial charge in [-0.05, 0) is 50.6 Å². The van der Waals surface area contributed by atoms with E-state index < -0.39 is 0 Å². The van der Waals surface area contributed by atoms with Crippen LogP contribution in [0.2, 0.25) is 0 Å². The standard InChI is InChI=1S/C15H30N2/c1-4-15(2,11-16-3)12-17-10-9-13-7-5-6-8-14(13)17/h13-14,16H,4-12H2,1-3H3. The maximum absolute atomic E-state index is 3.38. The summed E-state index contributed by atoms with van der Waals surface area (Å²) in [5.74, 6) is 1.03. The molecule has 100 valence electrons. The first-order chi connectivity index (χ1) is 8.18. The van der Waals surface area contributed by atoms with Crippen LogP contribution in [0, 0.1) is 11.3 Å². The summed E-state index contributed by atoms with van der Waals surface area (Å²) in [6, 6.07) is 0.923. The summed E-state index contributed by atoms with van der Waals surface area (Å²) < 4.78 is 0. The molecule has 2 rings (SSSR count). The fraction of sp³-hybridized carbons (Fsp3) is 1.00. The van der Waals surface area contributed by atoms with Crippen molar-refractivity contribution in [3.05, 3.63) is 0 Å². The molecule has 2 nitrogen and oxygen atoms in total. The Kier molecular flexibility index (Phi) is 4.48. The smallest absolute Gasteiger partial charge is 0.0124 e. The van der Waals surface area contributed by atoms with Gasteiger partial charge in [0, 0.05) is 19.1 Å². The summed E-state index contributed by atoms with van der Waals surface area (Å²) in [7, 11) is 2.08. The van der Waals surface area contributed by atoms with Gasteiger partial charge in [-0.3, -0.25) is 4.90 Å². The van der Waals surface area contributed by atoms with Gasteiger partial charge in [0.2, 0.25) is 0 Å². The zero-order valence-electron chi connectivity index (χ0n) is 12.0. The van der Waals surface area contributed by atoms with E-state index in [1.807, 2.05) is 0 Å². The summed E-state index contributed by atoms with van der Waals surface area (Å²) in [4.78, 5) is 2.81. The lowest BCUT2D eigenvalue weighted by Crippen LogP contribution is -2.44. The zero-order chi connectivity index (χ0) is 12.3. The van der Waals surface area contributed by atoms with Gasteiger partial charge < -0.3 is 5.32 Å². The maximum atomic E-state index is 3.38. The maximum Gasteiger partial charge on any atom is 0.0124 e. The average Bonchev–Trinajstić information content (AvgIpc) is 2.73. The van der Waals surface area contributed by atoms with E-state index in [9.17, 15) is 0 Å². The molecule has 1 aliphatic heterocycles. The van der Waals surface area contributed by atoms with Gasteiger partial charge in [-0.1, -0.05) is 26.7 Å². The van der Waals surface area contributed by atoms with Gasteiger partial charge in [-0.15, -0.1) is 0 Å². The Balaban J connectivity index is 1.93. The molecule has 1 N–H and O–H groups in total. The van der Waals surface area contributed by atoms with E-state index in [0.717, 1.165) is 18.5 Å². The Morgan fingerprint density at radius 2 is 2.00 bits per heavy atom. The fourth-order valence-corrected chi connectivity index (χ4v) is 3.91. The number of fused-ring (bicyclic) bond motifs is 1. The van der Waals surface area contributed by atoms with Gasteiger partial charge in [0.1, 0.15) is 0 Å². The van der Waals surface area contributed by atoms with Crippen LogP contribution in [-0.4, -0.2) is 37.6 Å². The second kappa shape index (κ2) is 5.71. The molecule has 2 aliphatic rings. The lowest BCUT2D eigenvalue weighted by Gasteiger charge is -2.38. The van der Waals surface area contributed by atoms with Crippen LogP contribution in [0.15, 0.2) is 0 Å². The third kappa shape index (κ3) is 3.03. The molecule has 0 aromatic rings. The monoisotopic (exact) mass is 238 g/mol. The SMILES string of the molecule is CCC(C)(CNC)CN1CCC2CCCCC21. The highest BCUT2D eigenvalue weighted by Gasteiger charge is 2.38. The lowest BCUT2D eigenvalue weighted by molar-refractivity contribution is 0.116. The molecule has 0 bridgehead atoms. The Labute approximate surface area is 107 Å². The fourth-order valence-electron chi connectivity index (χ4n) is 3.91. The Bertz CT molecular complexity index is 241. The molecule has 1 saturated heterocycles. The highest BCUT2D eigenvalue weighted by atomic mass is 15.2. The quantitative estimate of drug-likeness (QED) is 0.792. The predicted molar refractivity (Wildman–Crippen MR) is 74.3 cm³/mol. The van der Waals surface area contributed by atoms with Crippen LogP contribution in [-0.2, 0) is 0 Å². The molecule has 0 aromatic carbocycles. The second-order valence-electron chi connectivity index (χ2n) is 6.57. The van der Waals surface area contributed by atoms with Crippen molar-refractivity contribution in [2.24, 2.45) is 11.3 Å². The molecule has 0 amide bonds. The van der Waals surface area contributed by atoms with Crippen molar-refractivity contribution in [3.63, 3.8) is 0 Å². The van der Waals surface area contributed by atoms with Gasteiger partial charge in [0.25, 0.3) is 0 Å². The van der Waals surface area contributed by atoms with E-state index in [-0.39, 0.29) is 0 Å². The first-order valence-electron chi connectivity index (χ1n) is 7.57. The van der Waals surface area contributed by atoms with Crippen molar-refractivity contribution >= 4 is 0 Å². The van der Waals surface area contributed by atoms with Gasteiger partial charge in [-0.25, -0.2) is 0 Å². The number of hydrogen-bond donors (Lipinski definition) is 1. The van der Waals surface area contributed by atoms with Crippen LogP contribution in [0.4, 0.5) is 0 Å². The van der Waals surface area contributed by atoms with Crippen LogP contribution >= 0.6 is 0 Å². The second-order valence-corrected chi connectivity index (χ2v) is 6.57. The van der Waals surface area contributed by atoms with Crippen molar-refractivity contribution in [2.75, 3.05) is 26.7 Å². The molecular formula is C15H30N2. The summed E-state index contributed by atoms with van der Waals surface area (Å²) >= 11 is 0. The topological polar surface area (TPSA) is 15.3 Å². The first kappa shape index (κ1) is 13.4. The van der Waals surface area contributed by atoms with Crippen molar-refractivity contribution < 1.29 is 0 Å². The minimum Gasteiger partial charge on any atom is -0.319 e. The lowest BCUT2D eigenvalue weighted by atomic mass is 9.83. The third-order valence-electron chi connectivity index (χ3n) is 5.17. The summed E-state index contributed by atoms with van der Waals surface area (Å²) in [6.45, 7) is 8.59. The third-order valence-corrected chi connectivity index (χ3v) is 5.17. The molecular weight excluding hydrogens is 208 g/mol. The van der Waals surface area contributed by atoms with Crippen molar-refractivity contribution in [1.82, 2.24) is 10.2 Å². The molecule has 2 fully saturated rings. The van der Waals surface area contributed by atoms with Crippen molar-refractivity contribution in [1.29, 1.82) is 0 Å². The largest absolute Gasteiger partial charge is 0.319 e.